The van der Waals surface area contributed by atoms with Crippen LogP contribution < -0.4 is 10.3 Å². The van der Waals surface area contributed by atoms with Gasteiger partial charge < -0.3 is 9.72 Å². The summed E-state index contributed by atoms with van der Waals surface area (Å²) in [6, 6.07) is 2.47. The van der Waals surface area contributed by atoms with E-state index in [1.165, 1.54) is 31.2 Å². The summed E-state index contributed by atoms with van der Waals surface area (Å²) in [6.07, 6.45) is 4.32. The molecule has 0 spiro atoms. The monoisotopic (exact) mass is 286 g/mol. The molecule has 1 aliphatic rings. The van der Waals surface area contributed by atoms with Gasteiger partial charge in [-0.3, -0.25) is 4.79 Å². The molecule has 1 fully saturated rings. The van der Waals surface area contributed by atoms with Crippen molar-refractivity contribution in [3.05, 3.63) is 28.7 Å². The lowest BCUT2D eigenvalue weighted by molar-refractivity contribution is 0.123. The van der Waals surface area contributed by atoms with Gasteiger partial charge in [-0.25, -0.2) is 13.1 Å². The average Bonchev–Trinajstić information content (AvgIpc) is 3.18. The normalized spacial score (nSPS) is 15.6. The summed E-state index contributed by atoms with van der Waals surface area (Å²) in [6.45, 7) is 1.67. The highest BCUT2D eigenvalue weighted by molar-refractivity contribution is 7.89. The van der Waals surface area contributed by atoms with E-state index in [1.54, 1.807) is 0 Å². The molecule has 1 aromatic rings. The third kappa shape index (κ3) is 4.77. The maximum absolute atomic E-state index is 11.8. The summed E-state index contributed by atoms with van der Waals surface area (Å²) < 4.78 is 31.5. The number of sulfonamides is 1. The number of hydrogen-bond donors (Lipinski definition) is 2. The summed E-state index contributed by atoms with van der Waals surface area (Å²) in [5.74, 6) is 0.720. The molecule has 2 rings (SSSR count). The minimum Gasteiger partial charge on any atom is -0.381 e. The molecule has 7 heteroatoms. The van der Waals surface area contributed by atoms with Crippen LogP contribution in [0, 0.1) is 5.92 Å². The quantitative estimate of drug-likeness (QED) is 0.680. The molecule has 0 aliphatic heterocycles. The van der Waals surface area contributed by atoms with E-state index in [0.29, 0.717) is 19.6 Å². The van der Waals surface area contributed by atoms with Crippen molar-refractivity contribution in [2.45, 2.75) is 24.2 Å². The average molecular weight is 286 g/mol. The SMILES string of the molecule is O=c1ccc(S(=O)(=O)NCCCOCC2CC2)c[nH]1. The van der Waals surface area contributed by atoms with E-state index in [9.17, 15) is 13.2 Å². The summed E-state index contributed by atoms with van der Waals surface area (Å²) in [7, 11) is -3.54. The van der Waals surface area contributed by atoms with Crippen LogP contribution in [-0.2, 0) is 14.8 Å². The molecule has 1 aliphatic carbocycles. The summed E-state index contributed by atoms with van der Waals surface area (Å²) >= 11 is 0. The van der Waals surface area contributed by atoms with Gasteiger partial charge in [-0.15, -0.1) is 0 Å². The zero-order valence-electron chi connectivity index (χ0n) is 10.6. The number of hydrogen-bond acceptors (Lipinski definition) is 4. The van der Waals surface area contributed by atoms with E-state index in [4.69, 9.17) is 4.74 Å². The minimum atomic E-state index is -3.54. The third-order valence-corrected chi connectivity index (χ3v) is 4.33. The topological polar surface area (TPSA) is 88.3 Å². The highest BCUT2D eigenvalue weighted by atomic mass is 32.2. The predicted octanol–water partition coefficient (Wildman–Crippen LogP) is 0.470. The Morgan fingerprint density at radius 3 is 2.79 bits per heavy atom. The molecular weight excluding hydrogens is 268 g/mol. The van der Waals surface area contributed by atoms with Gasteiger partial charge in [0, 0.05) is 32.0 Å². The fourth-order valence-electron chi connectivity index (χ4n) is 1.56. The second kappa shape index (κ2) is 6.31. The first-order chi connectivity index (χ1) is 9.08. The van der Waals surface area contributed by atoms with Crippen LogP contribution in [0.3, 0.4) is 0 Å². The molecule has 19 heavy (non-hydrogen) atoms. The van der Waals surface area contributed by atoms with Crippen molar-refractivity contribution in [1.29, 1.82) is 0 Å². The first-order valence-electron chi connectivity index (χ1n) is 6.34. The van der Waals surface area contributed by atoms with E-state index in [0.717, 1.165) is 12.5 Å². The molecule has 0 radical (unpaired) electrons. The van der Waals surface area contributed by atoms with Gasteiger partial charge in [-0.1, -0.05) is 0 Å². The van der Waals surface area contributed by atoms with E-state index >= 15 is 0 Å². The maximum Gasteiger partial charge on any atom is 0.247 e. The van der Waals surface area contributed by atoms with Crippen molar-refractivity contribution in [1.82, 2.24) is 9.71 Å². The lowest BCUT2D eigenvalue weighted by Crippen LogP contribution is -2.26. The van der Waals surface area contributed by atoms with E-state index in [2.05, 4.69) is 9.71 Å². The van der Waals surface area contributed by atoms with Crippen LogP contribution in [0.1, 0.15) is 19.3 Å². The Bertz CT molecular complexity index is 543. The van der Waals surface area contributed by atoms with Gasteiger partial charge in [0.15, 0.2) is 0 Å². The Morgan fingerprint density at radius 2 is 2.16 bits per heavy atom. The van der Waals surface area contributed by atoms with Crippen LogP contribution in [-0.4, -0.2) is 33.2 Å². The summed E-state index contributed by atoms with van der Waals surface area (Å²) in [4.78, 5) is 13.3. The van der Waals surface area contributed by atoms with Gasteiger partial charge in [-0.2, -0.15) is 0 Å². The van der Waals surface area contributed by atoms with Gasteiger partial charge in [0.25, 0.3) is 0 Å². The molecule has 0 amide bonds. The first-order valence-corrected chi connectivity index (χ1v) is 7.82. The van der Waals surface area contributed by atoms with Gasteiger partial charge in [0.1, 0.15) is 0 Å². The van der Waals surface area contributed by atoms with Gasteiger partial charge in [0.05, 0.1) is 4.90 Å². The number of rotatable bonds is 8. The van der Waals surface area contributed by atoms with Gasteiger partial charge in [-0.05, 0) is 31.2 Å². The molecule has 0 atom stereocenters. The van der Waals surface area contributed by atoms with Crippen molar-refractivity contribution >= 4 is 10.0 Å². The number of nitrogens with one attached hydrogen (secondary N) is 2. The number of aromatic amines is 1. The van der Waals surface area contributed by atoms with Crippen molar-refractivity contribution in [2.24, 2.45) is 5.92 Å². The number of H-pyrrole nitrogens is 1. The van der Waals surface area contributed by atoms with Gasteiger partial charge in [0.2, 0.25) is 15.6 Å². The second-order valence-corrected chi connectivity index (χ2v) is 6.43. The molecular formula is C12H18N2O4S. The summed E-state index contributed by atoms with van der Waals surface area (Å²) in [5.41, 5.74) is -0.326. The zero-order valence-corrected chi connectivity index (χ0v) is 11.4. The van der Waals surface area contributed by atoms with Crippen LogP contribution in [0.4, 0.5) is 0 Å². The Labute approximate surface area is 112 Å². The Balaban J connectivity index is 1.71. The van der Waals surface area contributed by atoms with Crippen molar-refractivity contribution in [3.63, 3.8) is 0 Å². The van der Waals surface area contributed by atoms with Crippen molar-refractivity contribution in [2.75, 3.05) is 19.8 Å². The second-order valence-electron chi connectivity index (χ2n) is 4.66. The number of ether oxygens (including phenoxy) is 1. The molecule has 106 valence electrons. The first kappa shape index (κ1) is 14.2. The van der Waals surface area contributed by atoms with Crippen molar-refractivity contribution in [3.8, 4) is 0 Å². The van der Waals surface area contributed by atoms with Gasteiger partial charge >= 0.3 is 0 Å². The van der Waals surface area contributed by atoms with E-state index in [-0.39, 0.29) is 10.5 Å². The Kier molecular flexibility index (Phi) is 4.73. The lowest BCUT2D eigenvalue weighted by atomic mass is 10.4. The summed E-state index contributed by atoms with van der Waals surface area (Å²) in [5, 5.41) is 0. The fourth-order valence-corrected chi connectivity index (χ4v) is 2.60. The smallest absolute Gasteiger partial charge is 0.247 e. The minimum absolute atomic E-state index is 0.0611. The fraction of sp³-hybridized carbons (Fsp3) is 0.583. The molecule has 0 bridgehead atoms. The largest absolute Gasteiger partial charge is 0.381 e. The lowest BCUT2D eigenvalue weighted by Gasteiger charge is -2.06. The predicted molar refractivity (Wildman–Crippen MR) is 70.4 cm³/mol. The molecule has 1 heterocycles. The Hall–Kier alpha value is -1.18. The highest BCUT2D eigenvalue weighted by Gasteiger charge is 2.20. The molecule has 0 unspecified atom stereocenters. The molecule has 2 N–H and O–H groups in total. The third-order valence-electron chi connectivity index (χ3n) is 2.87. The van der Waals surface area contributed by atoms with Crippen LogP contribution >= 0.6 is 0 Å². The maximum atomic E-state index is 11.8. The highest BCUT2D eigenvalue weighted by Crippen LogP contribution is 2.28. The van der Waals surface area contributed by atoms with Crippen LogP contribution in [0.2, 0.25) is 0 Å². The zero-order chi connectivity index (χ0) is 13.7. The molecule has 6 nitrogen and oxygen atoms in total. The Morgan fingerprint density at radius 1 is 1.37 bits per heavy atom. The van der Waals surface area contributed by atoms with Crippen LogP contribution in [0.25, 0.3) is 0 Å². The van der Waals surface area contributed by atoms with Crippen LogP contribution in [0.15, 0.2) is 28.0 Å². The van der Waals surface area contributed by atoms with Crippen LogP contribution in [0.5, 0.6) is 0 Å². The van der Waals surface area contributed by atoms with E-state index in [1.807, 2.05) is 0 Å². The molecule has 0 aromatic carbocycles. The number of aromatic nitrogens is 1. The molecule has 1 aromatic heterocycles. The standard InChI is InChI=1S/C12H18N2O4S/c15-12-5-4-11(8-13-12)19(16,17)14-6-1-7-18-9-10-2-3-10/h4-5,8,10,14H,1-3,6-7,9H2,(H,13,15). The number of pyridine rings is 1. The molecule has 0 saturated heterocycles. The molecule has 1 saturated carbocycles. The van der Waals surface area contributed by atoms with Crippen molar-refractivity contribution < 1.29 is 13.2 Å². The van der Waals surface area contributed by atoms with E-state index < -0.39 is 10.0 Å².